The summed E-state index contributed by atoms with van der Waals surface area (Å²) < 4.78 is 0. The van der Waals surface area contributed by atoms with E-state index in [9.17, 15) is 4.79 Å². The van der Waals surface area contributed by atoms with Gasteiger partial charge >= 0.3 is 0 Å². The molecule has 1 aliphatic rings. The molecule has 80 valence electrons. The highest BCUT2D eigenvalue weighted by Crippen LogP contribution is 2.36. The number of carbonyl (C=O) groups excluding carboxylic acids is 1. The van der Waals surface area contributed by atoms with Crippen LogP contribution in [0.5, 0.6) is 0 Å². The first kappa shape index (κ1) is 10.3. The van der Waals surface area contributed by atoms with Gasteiger partial charge in [0.05, 0.1) is 11.6 Å². The summed E-state index contributed by atoms with van der Waals surface area (Å²) in [6.45, 7) is 5.95. The SMILES string of the molecule is CC(C)(C)C(=O)C1CCc2cccnc21. The number of carbonyl (C=O) groups is 1. The van der Waals surface area contributed by atoms with Crippen molar-refractivity contribution < 1.29 is 4.79 Å². The minimum absolute atomic E-state index is 0.0289. The van der Waals surface area contributed by atoms with E-state index in [1.165, 1.54) is 5.56 Å². The second-order valence-electron chi connectivity index (χ2n) is 5.25. The molecule has 0 aliphatic heterocycles. The summed E-state index contributed by atoms with van der Waals surface area (Å²) >= 11 is 0. The van der Waals surface area contributed by atoms with E-state index in [4.69, 9.17) is 0 Å². The molecule has 0 radical (unpaired) electrons. The van der Waals surface area contributed by atoms with E-state index in [1.54, 1.807) is 6.20 Å². The maximum absolute atomic E-state index is 12.2. The Hall–Kier alpha value is -1.18. The van der Waals surface area contributed by atoms with E-state index in [1.807, 2.05) is 26.8 Å². The molecular weight excluding hydrogens is 186 g/mol. The summed E-state index contributed by atoms with van der Waals surface area (Å²) in [6, 6.07) is 4.03. The lowest BCUT2D eigenvalue weighted by Gasteiger charge is -2.21. The van der Waals surface area contributed by atoms with Gasteiger partial charge in [-0.1, -0.05) is 26.8 Å². The molecule has 1 aromatic heterocycles. The molecule has 1 atom stereocenters. The van der Waals surface area contributed by atoms with Gasteiger partial charge in [0.2, 0.25) is 0 Å². The second-order valence-corrected chi connectivity index (χ2v) is 5.25. The first-order chi connectivity index (χ1) is 7.00. The standard InChI is InChI=1S/C13H17NO/c1-13(2,3)12(15)10-7-6-9-5-4-8-14-11(9)10/h4-5,8,10H,6-7H2,1-3H3. The average Bonchev–Trinajstić information content (AvgIpc) is 2.58. The van der Waals surface area contributed by atoms with E-state index in [2.05, 4.69) is 11.1 Å². The van der Waals surface area contributed by atoms with Crippen LogP contribution in [0.25, 0.3) is 0 Å². The predicted octanol–water partition coefficient (Wildman–Crippen LogP) is 2.73. The molecule has 0 bridgehead atoms. The van der Waals surface area contributed by atoms with Crippen molar-refractivity contribution in [2.45, 2.75) is 39.5 Å². The van der Waals surface area contributed by atoms with E-state index in [0.29, 0.717) is 5.78 Å². The van der Waals surface area contributed by atoms with Crippen LogP contribution in [-0.2, 0) is 11.2 Å². The van der Waals surface area contributed by atoms with Crippen molar-refractivity contribution in [3.63, 3.8) is 0 Å². The van der Waals surface area contributed by atoms with Crippen LogP contribution in [0.3, 0.4) is 0 Å². The minimum Gasteiger partial charge on any atom is -0.298 e. The number of ketones is 1. The molecule has 0 fully saturated rings. The zero-order chi connectivity index (χ0) is 11.1. The average molecular weight is 203 g/mol. The number of aryl methyl sites for hydroxylation is 1. The molecule has 0 amide bonds. The molecule has 0 saturated heterocycles. The predicted molar refractivity (Wildman–Crippen MR) is 59.8 cm³/mol. The van der Waals surface area contributed by atoms with Gasteiger partial charge in [-0.25, -0.2) is 0 Å². The quantitative estimate of drug-likeness (QED) is 0.702. The lowest BCUT2D eigenvalue weighted by Crippen LogP contribution is -2.26. The Morgan fingerprint density at radius 1 is 1.47 bits per heavy atom. The Balaban J connectivity index is 2.32. The second kappa shape index (κ2) is 3.44. The fraction of sp³-hybridized carbons (Fsp3) is 0.538. The maximum Gasteiger partial charge on any atom is 0.147 e. The molecule has 1 unspecified atom stereocenters. The number of rotatable bonds is 1. The van der Waals surface area contributed by atoms with Crippen LogP contribution in [0.15, 0.2) is 18.3 Å². The van der Waals surface area contributed by atoms with Crippen LogP contribution in [0.4, 0.5) is 0 Å². The first-order valence-corrected chi connectivity index (χ1v) is 5.48. The van der Waals surface area contributed by atoms with Gasteiger partial charge in [-0.2, -0.15) is 0 Å². The number of hydrogen-bond acceptors (Lipinski definition) is 2. The fourth-order valence-electron chi connectivity index (χ4n) is 2.19. The van der Waals surface area contributed by atoms with Crippen molar-refractivity contribution in [1.82, 2.24) is 4.98 Å². The van der Waals surface area contributed by atoms with Crippen LogP contribution in [-0.4, -0.2) is 10.8 Å². The minimum atomic E-state index is -0.260. The lowest BCUT2D eigenvalue weighted by molar-refractivity contribution is -0.127. The van der Waals surface area contributed by atoms with Crippen LogP contribution < -0.4 is 0 Å². The molecular formula is C13H17NO. The Morgan fingerprint density at radius 2 is 2.20 bits per heavy atom. The van der Waals surface area contributed by atoms with Gasteiger partial charge in [-0.3, -0.25) is 9.78 Å². The third kappa shape index (κ3) is 1.81. The lowest BCUT2D eigenvalue weighted by atomic mass is 9.82. The van der Waals surface area contributed by atoms with Crippen LogP contribution >= 0.6 is 0 Å². The van der Waals surface area contributed by atoms with Gasteiger partial charge in [0.25, 0.3) is 0 Å². The Kier molecular flexibility index (Phi) is 2.37. The zero-order valence-corrected chi connectivity index (χ0v) is 9.58. The van der Waals surface area contributed by atoms with Crippen LogP contribution in [0, 0.1) is 5.41 Å². The van der Waals surface area contributed by atoms with Crippen molar-refractivity contribution in [2.75, 3.05) is 0 Å². The highest BCUT2D eigenvalue weighted by atomic mass is 16.1. The van der Waals surface area contributed by atoms with Crippen molar-refractivity contribution in [3.8, 4) is 0 Å². The Labute approximate surface area is 90.7 Å². The summed E-state index contributed by atoms with van der Waals surface area (Å²) in [5.74, 6) is 0.348. The highest BCUT2D eigenvalue weighted by Gasteiger charge is 2.35. The van der Waals surface area contributed by atoms with Crippen molar-refractivity contribution in [2.24, 2.45) is 5.41 Å². The molecule has 2 nitrogen and oxygen atoms in total. The fourth-order valence-corrected chi connectivity index (χ4v) is 2.19. The highest BCUT2D eigenvalue weighted by molar-refractivity contribution is 5.90. The van der Waals surface area contributed by atoms with Gasteiger partial charge < -0.3 is 0 Å². The molecule has 1 aliphatic carbocycles. The number of pyridine rings is 1. The van der Waals surface area contributed by atoms with E-state index in [-0.39, 0.29) is 11.3 Å². The molecule has 2 heteroatoms. The molecule has 0 spiro atoms. The van der Waals surface area contributed by atoms with Gasteiger partial charge in [0.1, 0.15) is 5.78 Å². The van der Waals surface area contributed by atoms with E-state index < -0.39 is 0 Å². The monoisotopic (exact) mass is 203 g/mol. The van der Waals surface area contributed by atoms with Gasteiger partial charge in [0, 0.05) is 11.6 Å². The van der Waals surface area contributed by atoms with Gasteiger partial charge in [-0.05, 0) is 24.5 Å². The molecule has 0 N–H and O–H groups in total. The van der Waals surface area contributed by atoms with E-state index >= 15 is 0 Å². The number of hydrogen-bond donors (Lipinski definition) is 0. The molecule has 15 heavy (non-hydrogen) atoms. The Morgan fingerprint density at radius 3 is 2.87 bits per heavy atom. The largest absolute Gasteiger partial charge is 0.298 e. The van der Waals surface area contributed by atoms with Crippen molar-refractivity contribution in [3.05, 3.63) is 29.6 Å². The number of Topliss-reactive ketones (excluding diaryl/α,β-unsaturated/α-hetero) is 1. The molecule has 0 saturated carbocycles. The maximum atomic E-state index is 12.2. The normalized spacial score (nSPS) is 20.1. The number of nitrogens with zero attached hydrogens (tertiary/aromatic N) is 1. The smallest absolute Gasteiger partial charge is 0.147 e. The zero-order valence-electron chi connectivity index (χ0n) is 9.58. The van der Waals surface area contributed by atoms with Gasteiger partial charge in [0.15, 0.2) is 0 Å². The summed E-state index contributed by atoms with van der Waals surface area (Å²) in [5.41, 5.74) is 2.00. The summed E-state index contributed by atoms with van der Waals surface area (Å²) in [6.07, 6.45) is 3.71. The first-order valence-electron chi connectivity index (χ1n) is 5.48. The van der Waals surface area contributed by atoms with Gasteiger partial charge in [-0.15, -0.1) is 0 Å². The summed E-state index contributed by atoms with van der Waals surface area (Å²) in [4.78, 5) is 16.5. The molecule has 1 aromatic rings. The third-order valence-electron chi connectivity index (χ3n) is 3.01. The summed E-state index contributed by atoms with van der Waals surface area (Å²) in [7, 11) is 0. The van der Waals surface area contributed by atoms with Crippen LogP contribution in [0.1, 0.15) is 44.4 Å². The Bertz CT molecular complexity index is 390. The molecule has 1 heterocycles. The molecule has 2 rings (SSSR count). The molecule has 0 aromatic carbocycles. The summed E-state index contributed by atoms with van der Waals surface area (Å²) in [5, 5.41) is 0. The third-order valence-corrected chi connectivity index (χ3v) is 3.01. The number of aromatic nitrogens is 1. The van der Waals surface area contributed by atoms with Crippen LogP contribution in [0.2, 0.25) is 0 Å². The number of fused-ring (bicyclic) bond motifs is 1. The van der Waals surface area contributed by atoms with E-state index in [0.717, 1.165) is 18.5 Å². The van der Waals surface area contributed by atoms with Crippen molar-refractivity contribution >= 4 is 5.78 Å². The topological polar surface area (TPSA) is 30.0 Å². The van der Waals surface area contributed by atoms with Crippen molar-refractivity contribution in [1.29, 1.82) is 0 Å².